The summed E-state index contributed by atoms with van der Waals surface area (Å²) in [5.41, 5.74) is 0.879. The van der Waals surface area contributed by atoms with Gasteiger partial charge in [0.05, 0.1) is 6.54 Å². The standard InChI is InChI=1S/C19H28N2O5/c1-3-25-17(19(23)24)14-15-4-6-16(7-5-15)26-13-12-21-11-10-20(2)9-8-18(21)22/h4-7,17H,3,8-14H2,1-2H3,(H,23,24). The summed E-state index contributed by atoms with van der Waals surface area (Å²) < 4.78 is 11.0. The summed E-state index contributed by atoms with van der Waals surface area (Å²) >= 11 is 0. The first kappa shape index (κ1) is 20.2. The van der Waals surface area contributed by atoms with Crippen molar-refractivity contribution in [1.29, 1.82) is 0 Å². The minimum Gasteiger partial charge on any atom is -0.492 e. The highest BCUT2D eigenvalue weighted by Gasteiger charge is 2.19. The Balaban J connectivity index is 1.80. The number of carbonyl (C=O) groups excluding carboxylic acids is 1. The molecule has 144 valence electrons. The van der Waals surface area contributed by atoms with Crippen molar-refractivity contribution >= 4 is 11.9 Å². The van der Waals surface area contributed by atoms with Crippen molar-refractivity contribution in [3.05, 3.63) is 29.8 Å². The van der Waals surface area contributed by atoms with Crippen LogP contribution in [-0.4, -0.2) is 79.3 Å². The van der Waals surface area contributed by atoms with Gasteiger partial charge in [-0.3, -0.25) is 4.79 Å². The number of carboxylic acid groups (broad SMARTS) is 1. The Morgan fingerprint density at radius 3 is 2.62 bits per heavy atom. The quantitative estimate of drug-likeness (QED) is 0.711. The fourth-order valence-corrected chi connectivity index (χ4v) is 2.84. The van der Waals surface area contributed by atoms with Gasteiger partial charge in [-0.15, -0.1) is 0 Å². The Hall–Kier alpha value is -2.12. The first-order valence-electron chi connectivity index (χ1n) is 9.02. The Labute approximate surface area is 154 Å². The monoisotopic (exact) mass is 364 g/mol. The fraction of sp³-hybridized carbons (Fsp3) is 0.579. The Morgan fingerprint density at radius 2 is 1.96 bits per heavy atom. The molecule has 7 nitrogen and oxygen atoms in total. The summed E-state index contributed by atoms with van der Waals surface area (Å²) in [5.74, 6) is -0.0831. The zero-order valence-electron chi connectivity index (χ0n) is 15.5. The summed E-state index contributed by atoms with van der Waals surface area (Å²) in [4.78, 5) is 27.2. The normalized spacial score (nSPS) is 17.0. The number of aliphatic carboxylic acids is 1. The SMILES string of the molecule is CCOC(Cc1ccc(OCCN2CCN(C)CCC2=O)cc1)C(=O)O. The third-order valence-corrected chi connectivity index (χ3v) is 4.43. The molecular formula is C19H28N2O5. The lowest BCUT2D eigenvalue weighted by atomic mass is 10.1. The maximum Gasteiger partial charge on any atom is 0.333 e. The molecule has 1 heterocycles. The minimum absolute atomic E-state index is 0.170. The van der Waals surface area contributed by atoms with Crippen LogP contribution < -0.4 is 4.74 Å². The fourth-order valence-electron chi connectivity index (χ4n) is 2.84. The minimum atomic E-state index is -0.958. The second-order valence-corrected chi connectivity index (χ2v) is 6.41. The van der Waals surface area contributed by atoms with Crippen LogP contribution in [0.15, 0.2) is 24.3 Å². The Kier molecular flexibility index (Phi) is 7.87. The molecule has 0 aliphatic carbocycles. The molecule has 1 unspecified atom stereocenters. The van der Waals surface area contributed by atoms with Crippen LogP contribution in [0.3, 0.4) is 0 Å². The van der Waals surface area contributed by atoms with E-state index in [9.17, 15) is 9.59 Å². The number of amides is 1. The number of benzene rings is 1. The predicted molar refractivity (Wildman–Crippen MR) is 97.4 cm³/mol. The van der Waals surface area contributed by atoms with Crippen LogP contribution in [0, 0.1) is 0 Å². The summed E-state index contributed by atoms with van der Waals surface area (Å²) in [6.07, 6.45) is 0.0358. The molecule has 0 aromatic heterocycles. The molecule has 7 heteroatoms. The van der Waals surface area contributed by atoms with Gasteiger partial charge in [-0.25, -0.2) is 4.79 Å². The van der Waals surface area contributed by atoms with E-state index in [2.05, 4.69) is 4.90 Å². The summed E-state index contributed by atoms with van der Waals surface area (Å²) in [5, 5.41) is 9.13. The van der Waals surface area contributed by atoms with Gasteiger partial charge in [-0.2, -0.15) is 0 Å². The maximum absolute atomic E-state index is 12.0. The molecule has 1 fully saturated rings. The van der Waals surface area contributed by atoms with E-state index in [1.807, 2.05) is 36.2 Å². The van der Waals surface area contributed by atoms with Gasteiger partial charge in [0.15, 0.2) is 6.10 Å². The lowest BCUT2D eigenvalue weighted by Gasteiger charge is -2.20. The average molecular weight is 364 g/mol. The molecule has 1 aromatic rings. The van der Waals surface area contributed by atoms with E-state index in [0.717, 1.165) is 25.2 Å². The number of nitrogens with zero attached hydrogens (tertiary/aromatic N) is 2. The van der Waals surface area contributed by atoms with Crippen LogP contribution in [0.2, 0.25) is 0 Å². The van der Waals surface area contributed by atoms with Gasteiger partial charge in [0.25, 0.3) is 0 Å². The zero-order chi connectivity index (χ0) is 18.9. The van der Waals surface area contributed by atoms with Crippen molar-refractivity contribution in [1.82, 2.24) is 9.80 Å². The average Bonchev–Trinajstić information content (AvgIpc) is 2.78. The Morgan fingerprint density at radius 1 is 1.23 bits per heavy atom. The molecule has 0 spiro atoms. The largest absolute Gasteiger partial charge is 0.492 e. The summed E-state index contributed by atoms with van der Waals surface area (Å²) in [7, 11) is 2.02. The number of carbonyl (C=O) groups is 2. The number of carboxylic acids is 1. The van der Waals surface area contributed by atoms with Gasteiger partial charge < -0.3 is 24.4 Å². The predicted octanol–water partition coefficient (Wildman–Crippen LogP) is 1.26. The molecule has 1 saturated heterocycles. The molecule has 0 radical (unpaired) electrons. The number of ether oxygens (including phenoxy) is 2. The highest BCUT2D eigenvalue weighted by atomic mass is 16.5. The lowest BCUT2D eigenvalue weighted by molar-refractivity contribution is -0.150. The molecule has 1 atom stereocenters. The molecule has 1 N–H and O–H groups in total. The molecule has 1 aromatic carbocycles. The van der Waals surface area contributed by atoms with Gasteiger partial charge >= 0.3 is 5.97 Å². The van der Waals surface area contributed by atoms with Crippen LogP contribution in [0.25, 0.3) is 0 Å². The van der Waals surface area contributed by atoms with Gasteiger partial charge in [-0.05, 0) is 31.7 Å². The highest BCUT2D eigenvalue weighted by molar-refractivity contribution is 5.76. The number of likely N-dealkylation sites (N-methyl/N-ethyl adjacent to an activating group) is 1. The highest BCUT2D eigenvalue weighted by Crippen LogP contribution is 2.15. The van der Waals surface area contributed by atoms with E-state index in [1.54, 1.807) is 6.92 Å². The van der Waals surface area contributed by atoms with Gasteiger partial charge in [-0.1, -0.05) is 12.1 Å². The summed E-state index contributed by atoms with van der Waals surface area (Å²) in [6.45, 7) is 5.56. The van der Waals surface area contributed by atoms with Crippen LogP contribution >= 0.6 is 0 Å². The maximum atomic E-state index is 12.0. The first-order valence-corrected chi connectivity index (χ1v) is 9.02. The second-order valence-electron chi connectivity index (χ2n) is 6.41. The second kappa shape index (κ2) is 10.1. The number of hydrogen-bond donors (Lipinski definition) is 1. The van der Waals surface area contributed by atoms with Crippen LogP contribution in [-0.2, 0) is 20.7 Å². The third kappa shape index (κ3) is 6.31. The van der Waals surface area contributed by atoms with Crippen molar-refractivity contribution in [3.8, 4) is 5.75 Å². The van der Waals surface area contributed by atoms with Gasteiger partial charge in [0.2, 0.25) is 5.91 Å². The van der Waals surface area contributed by atoms with Crippen molar-refractivity contribution in [3.63, 3.8) is 0 Å². The van der Waals surface area contributed by atoms with Crippen molar-refractivity contribution in [2.45, 2.75) is 25.9 Å². The number of rotatable bonds is 9. The third-order valence-electron chi connectivity index (χ3n) is 4.43. The molecule has 26 heavy (non-hydrogen) atoms. The van der Waals surface area contributed by atoms with E-state index in [0.29, 0.717) is 38.3 Å². The van der Waals surface area contributed by atoms with Crippen LogP contribution in [0.1, 0.15) is 18.9 Å². The van der Waals surface area contributed by atoms with Crippen molar-refractivity contribution in [2.75, 3.05) is 46.4 Å². The van der Waals surface area contributed by atoms with E-state index in [-0.39, 0.29) is 5.91 Å². The van der Waals surface area contributed by atoms with E-state index >= 15 is 0 Å². The topological polar surface area (TPSA) is 79.3 Å². The van der Waals surface area contributed by atoms with Gasteiger partial charge in [0.1, 0.15) is 12.4 Å². The first-order chi connectivity index (χ1) is 12.5. The lowest BCUT2D eigenvalue weighted by Crippen LogP contribution is -2.35. The Bertz CT molecular complexity index is 590. The van der Waals surface area contributed by atoms with Crippen LogP contribution in [0.5, 0.6) is 5.75 Å². The molecule has 1 aliphatic rings. The zero-order valence-corrected chi connectivity index (χ0v) is 15.5. The van der Waals surface area contributed by atoms with Crippen molar-refractivity contribution in [2.24, 2.45) is 0 Å². The van der Waals surface area contributed by atoms with Crippen LogP contribution in [0.4, 0.5) is 0 Å². The molecule has 0 saturated carbocycles. The molecule has 1 amide bonds. The van der Waals surface area contributed by atoms with E-state index in [1.165, 1.54) is 0 Å². The van der Waals surface area contributed by atoms with Crippen molar-refractivity contribution < 1.29 is 24.2 Å². The molecule has 2 rings (SSSR count). The number of hydrogen-bond acceptors (Lipinski definition) is 5. The molecule has 1 aliphatic heterocycles. The summed E-state index contributed by atoms with van der Waals surface area (Å²) in [6, 6.07) is 7.32. The molecule has 0 bridgehead atoms. The van der Waals surface area contributed by atoms with E-state index < -0.39 is 12.1 Å². The smallest absolute Gasteiger partial charge is 0.333 e. The van der Waals surface area contributed by atoms with E-state index in [4.69, 9.17) is 14.6 Å². The molecular weight excluding hydrogens is 336 g/mol. The van der Waals surface area contributed by atoms with Gasteiger partial charge in [0, 0.05) is 39.1 Å².